The summed E-state index contributed by atoms with van der Waals surface area (Å²) in [6.45, 7) is 24.9. The summed E-state index contributed by atoms with van der Waals surface area (Å²) in [6.07, 6.45) is 4.67. The molecule has 298 valence electrons. The van der Waals surface area contributed by atoms with Crippen LogP contribution in [-0.2, 0) is 20.5 Å². The number of thioether (sulfide) groups is 1. The molecule has 56 heavy (non-hydrogen) atoms. The second-order valence-electron chi connectivity index (χ2n) is 15.9. The second-order valence-corrected chi connectivity index (χ2v) is 17.1. The minimum atomic E-state index is -1.25. The molecule has 3 unspecified atom stereocenters. The van der Waals surface area contributed by atoms with Gasteiger partial charge in [0, 0.05) is 36.0 Å². The van der Waals surface area contributed by atoms with E-state index in [1.165, 1.54) is 27.0 Å². The maximum absolute atomic E-state index is 14.2. The average Bonchev–Trinajstić information content (AvgIpc) is 3.67. The lowest BCUT2D eigenvalue weighted by Crippen LogP contribution is -2.52. The van der Waals surface area contributed by atoms with Gasteiger partial charge in [-0.15, -0.1) is 9.89 Å². The van der Waals surface area contributed by atoms with E-state index in [1.807, 2.05) is 44.2 Å². The summed E-state index contributed by atoms with van der Waals surface area (Å²) in [4.78, 5) is 47.0. The number of ether oxygens (including phenoxy) is 1. The number of hydrogen-bond donors (Lipinski definition) is 2. The van der Waals surface area contributed by atoms with Crippen molar-refractivity contribution < 1.29 is 14.3 Å². The highest BCUT2D eigenvalue weighted by atomic mass is 32.2. The summed E-state index contributed by atoms with van der Waals surface area (Å²) in [5.74, 6) is 1.30. The topological polar surface area (TPSA) is 143 Å². The van der Waals surface area contributed by atoms with Crippen LogP contribution in [0, 0.1) is 0 Å². The lowest BCUT2D eigenvalue weighted by molar-refractivity contribution is -0.127. The van der Waals surface area contributed by atoms with Crippen LogP contribution in [-0.4, -0.2) is 68.2 Å². The SMILES string of the molecule is CCN(CC)c1cnc(N2C(=O)Nc3ccccc3SC23C(C)=Nn2nc(C(C)CNC(=O)C(C)Oc4ccc(C(C)(C)CC)cc4C(C)(C)CC)nc23)nc1. The first-order chi connectivity index (χ1) is 26.6. The molecule has 2 aliphatic rings. The van der Waals surface area contributed by atoms with Crippen molar-refractivity contribution in [2.75, 3.05) is 34.8 Å². The molecular weight excluding hydrogens is 725 g/mol. The molecule has 13 nitrogen and oxygen atoms in total. The number of fused-ring (bicyclic) bond motifs is 3. The third-order valence-corrected chi connectivity index (χ3v) is 13.0. The predicted molar refractivity (Wildman–Crippen MR) is 224 cm³/mol. The van der Waals surface area contributed by atoms with E-state index in [1.54, 1.807) is 19.3 Å². The van der Waals surface area contributed by atoms with Crippen molar-refractivity contribution in [2.45, 2.75) is 122 Å². The number of anilines is 3. The van der Waals surface area contributed by atoms with E-state index in [0.717, 1.165) is 47.8 Å². The number of benzene rings is 2. The zero-order valence-corrected chi connectivity index (χ0v) is 35.4. The first-order valence-electron chi connectivity index (χ1n) is 19.7. The molecule has 0 fully saturated rings. The van der Waals surface area contributed by atoms with Crippen LogP contribution in [0.4, 0.5) is 22.1 Å². The van der Waals surface area contributed by atoms with Gasteiger partial charge < -0.3 is 20.3 Å². The largest absolute Gasteiger partial charge is 0.481 e. The van der Waals surface area contributed by atoms with E-state index < -0.39 is 17.0 Å². The van der Waals surface area contributed by atoms with Gasteiger partial charge in [0.25, 0.3) is 5.91 Å². The third kappa shape index (κ3) is 7.47. The molecule has 0 radical (unpaired) electrons. The monoisotopic (exact) mass is 780 g/mol. The van der Waals surface area contributed by atoms with Crippen molar-refractivity contribution in [1.82, 2.24) is 30.2 Å². The van der Waals surface area contributed by atoms with Gasteiger partial charge in [-0.1, -0.05) is 84.5 Å². The highest BCUT2D eigenvalue weighted by Gasteiger charge is 2.56. The molecule has 3 atom stereocenters. The Balaban J connectivity index is 1.25. The van der Waals surface area contributed by atoms with Crippen LogP contribution < -0.4 is 25.2 Å². The van der Waals surface area contributed by atoms with E-state index in [-0.39, 0.29) is 35.1 Å². The molecule has 2 N–H and O–H groups in total. The molecule has 2 aromatic heterocycles. The van der Waals surface area contributed by atoms with Gasteiger partial charge in [-0.2, -0.15) is 5.10 Å². The molecule has 14 heteroatoms. The zero-order valence-electron chi connectivity index (χ0n) is 34.6. The standard InChI is InChI=1S/C42H56N10O3S/c1-12-40(8,9)29-20-21-33(31(22-29)41(10,11)13-2)55-27(6)36(53)43-23-26(5)35-47-37-42(28(7)48-52(37)49-35)51(38-44-24-30(25-45-38)50(14-3)15-4)39(54)46-32-18-16-17-19-34(32)56-42/h16-22,24-27H,12-15,23H2,1-11H3,(H,43,53)(H,46,54). The molecule has 0 aliphatic carbocycles. The number of rotatable bonds is 14. The minimum absolute atomic E-state index is 0.0237. The molecule has 2 aromatic carbocycles. The van der Waals surface area contributed by atoms with Crippen LogP contribution in [0.15, 0.2) is 64.9 Å². The van der Waals surface area contributed by atoms with Gasteiger partial charge in [0.2, 0.25) is 10.8 Å². The Bertz CT molecular complexity index is 2110. The average molecular weight is 781 g/mol. The molecule has 1 spiro atoms. The quantitative estimate of drug-likeness (QED) is 0.129. The van der Waals surface area contributed by atoms with Gasteiger partial charge in [-0.3, -0.25) is 4.79 Å². The molecule has 6 rings (SSSR count). The lowest BCUT2D eigenvalue weighted by Gasteiger charge is -2.35. The van der Waals surface area contributed by atoms with Crippen molar-refractivity contribution in [3.05, 3.63) is 77.6 Å². The molecular formula is C42H56N10O3S. The smallest absolute Gasteiger partial charge is 0.330 e. The zero-order chi connectivity index (χ0) is 40.6. The number of carbonyl (C=O) groups is 2. The number of amides is 3. The Kier molecular flexibility index (Phi) is 11.5. The molecule has 0 bridgehead atoms. The van der Waals surface area contributed by atoms with Gasteiger partial charge in [0.05, 0.1) is 29.5 Å². The molecule has 0 saturated heterocycles. The van der Waals surface area contributed by atoms with Crippen LogP contribution >= 0.6 is 11.8 Å². The first kappa shape index (κ1) is 40.7. The number of para-hydroxylation sites is 1. The van der Waals surface area contributed by atoms with E-state index >= 15 is 0 Å². The second kappa shape index (κ2) is 15.9. The number of nitrogens with one attached hydrogen (secondary N) is 2. The molecule has 2 aliphatic heterocycles. The number of aromatic nitrogens is 5. The summed E-state index contributed by atoms with van der Waals surface area (Å²) < 4.78 is 6.38. The van der Waals surface area contributed by atoms with E-state index in [2.05, 4.69) is 83.1 Å². The van der Waals surface area contributed by atoms with Gasteiger partial charge in [0.1, 0.15) is 5.75 Å². The van der Waals surface area contributed by atoms with Crippen LogP contribution in [0.25, 0.3) is 0 Å². The van der Waals surface area contributed by atoms with Crippen LogP contribution in [0.5, 0.6) is 5.75 Å². The minimum Gasteiger partial charge on any atom is -0.481 e. The van der Waals surface area contributed by atoms with Gasteiger partial charge in [-0.05, 0) is 75.1 Å². The lowest BCUT2D eigenvalue weighted by atomic mass is 9.76. The fourth-order valence-corrected chi connectivity index (χ4v) is 8.22. The van der Waals surface area contributed by atoms with Gasteiger partial charge in [-0.25, -0.2) is 24.6 Å². The van der Waals surface area contributed by atoms with Crippen molar-refractivity contribution in [2.24, 2.45) is 5.10 Å². The fraction of sp³-hybridized carbons (Fsp3) is 0.500. The first-order valence-corrected chi connectivity index (χ1v) is 20.5. The highest BCUT2D eigenvalue weighted by Crippen LogP contribution is 2.52. The van der Waals surface area contributed by atoms with E-state index in [4.69, 9.17) is 29.9 Å². The van der Waals surface area contributed by atoms with Gasteiger partial charge >= 0.3 is 6.03 Å². The summed E-state index contributed by atoms with van der Waals surface area (Å²) >= 11 is 1.43. The van der Waals surface area contributed by atoms with Crippen LogP contribution in [0.1, 0.15) is 118 Å². The van der Waals surface area contributed by atoms with E-state index in [9.17, 15) is 9.59 Å². The van der Waals surface area contributed by atoms with E-state index in [0.29, 0.717) is 23.0 Å². The van der Waals surface area contributed by atoms with Crippen molar-refractivity contribution in [3.63, 3.8) is 0 Å². The normalized spacial score (nSPS) is 17.7. The summed E-state index contributed by atoms with van der Waals surface area (Å²) in [6, 6.07) is 13.6. The third-order valence-electron chi connectivity index (χ3n) is 11.5. The van der Waals surface area contributed by atoms with Gasteiger partial charge in [0.15, 0.2) is 17.8 Å². The summed E-state index contributed by atoms with van der Waals surface area (Å²) in [7, 11) is 0. The Morgan fingerprint density at radius 3 is 2.34 bits per heavy atom. The summed E-state index contributed by atoms with van der Waals surface area (Å²) in [5.41, 5.74) is 4.35. The Labute approximate surface area is 335 Å². The van der Waals surface area contributed by atoms with Crippen LogP contribution in [0.3, 0.4) is 0 Å². The maximum atomic E-state index is 14.2. The predicted octanol–water partition coefficient (Wildman–Crippen LogP) is 8.21. The Morgan fingerprint density at radius 1 is 1.00 bits per heavy atom. The van der Waals surface area contributed by atoms with Crippen molar-refractivity contribution >= 4 is 46.7 Å². The molecule has 0 saturated carbocycles. The number of carbonyl (C=O) groups excluding carboxylic acids is 2. The molecule has 4 heterocycles. The Morgan fingerprint density at radius 2 is 1.68 bits per heavy atom. The highest BCUT2D eigenvalue weighted by molar-refractivity contribution is 8.01. The number of nitrogens with zero attached hydrogens (tertiary/aromatic N) is 8. The Hall–Kier alpha value is -4.98. The van der Waals surface area contributed by atoms with Crippen LogP contribution in [0.2, 0.25) is 0 Å². The summed E-state index contributed by atoms with van der Waals surface area (Å²) in [5, 5.41) is 15.7. The molecule has 3 amide bonds. The van der Waals surface area contributed by atoms with Crippen molar-refractivity contribution in [1.29, 1.82) is 0 Å². The molecule has 4 aromatic rings. The maximum Gasteiger partial charge on any atom is 0.330 e. The number of hydrogen-bond acceptors (Lipinski definition) is 10. The van der Waals surface area contributed by atoms with Crippen molar-refractivity contribution in [3.8, 4) is 5.75 Å². The fourth-order valence-electron chi connectivity index (χ4n) is 6.86. The number of urea groups is 1.